The van der Waals surface area contributed by atoms with Crippen molar-refractivity contribution in [2.75, 3.05) is 5.43 Å². The molecule has 0 atom stereocenters. The molecule has 1 aliphatic heterocycles. The first-order valence-electron chi connectivity index (χ1n) is 4.69. The number of hydrogen-bond acceptors (Lipinski definition) is 2. The van der Waals surface area contributed by atoms with Gasteiger partial charge in [0.1, 0.15) is 8.24 Å². The van der Waals surface area contributed by atoms with Crippen LogP contribution in [-0.4, -0.2) is 12.9 Å². The topological polar surface area (TPSA) is 15.3 Å². The highest BCUT2D eigenvalue weighted by Crippen LogP contribution is 2.27. The number of nitrogens with one attached hydrogen (secondary N) is 1. The fourth-order valence-corrected chi connectivity index (χ4v) is 2.63. The van der Waals surface area contributed by atoms with Crippen LogP contribution in [0.2, 0.25) is 19.6 Å². The molecule has 0 aromatic heterocycles. The maximum Gasteiger partial charge on any atom is 0.143 e. The lowest BCUT2D eigenvalue weighted by molar-refractivity contribution is 0.529. The Bertz CT molecular complexity index is 292. The molecule has 0 amide bonds. The van der Waals surface area contributed by atoms with Gasteiger partial charge in [0.25, 0.3) is 0 Å². The predicted octanol–water partition coefficient (Wildman–Crippen LogP) is 2.66. The van der Waals surface area contributed by atoms with Crippen molar-refractivity contribution >= 4 is 13.9 Å². The summed E-state index contributed by atoms with van der Waals surface area (Å²) in [7, 11) is -1.20. The molecule has 0 saturated heterocycles. The Morgan fingerprint density at radius 2 is 1.92 bits per heavy atom. The molecule has 0 unspecified atom stereocenters. The molecule has 0 aliphatic carbocycles. The van der Waals surface area contributed by atoms with Crippen molar-refractivity contribution < 1.29 is 0 Å². The molecule has 0 saturated carbocycles. The summed E-state index contributed by atoms with van der Waals surface area (Å²) >= 11 is 0. The van der Waals surface area contributed by atoms with Gasteiger partial charge in [0.2, 0.25) is 0 Å². The lowest BCUT2D eigenvalue weighted by Gasteiger charge is -2.29. The molecule has 70 valence electrons. The van der Waals surface area contributed by atoms with Crippen LogP contribution in [0.3, 0.4) is 0 Å². The van der Waals surface area contributed by atoms with Crippen LogP contribution in [0.25, 0.3) is 0 Å². The number of para-hydroxylation sites is 1. The monoisotopic (exact) mass is 192 g/mol. The second-order valence-corrected chi connectivity index (χ2v) is 9.41. The lowest BCUT2D eigenvalue weighted by atomic mass is 10.2. The van der Waals surface area contributed by atoms with Crippen LogP contribution in [-0.2, 0) is 6.54 Å². The third-order valence-corrected chi connectivity index (χ3v) is 4.30. The number of benzene rings is 1. The molecule has 1 aromatic rings. The molecule has 1 heterocycles. The van der Waals surface area contributed by atoms with Crippen molar-refractivity contribution in [3.63, 3.8) is 0 Å². The third kappa shape index (κ3) is 1.62. The van der Waals surface area contributed by atoms with Crippen molar-refractivity contribution in [3.8, 4) is 0 Å². The number of fused-ring (bicyclic) bond motifs is 1. The number of anilines is 1. The van der Waals surface area contributed by atoms with E-state index in [4.69, 9.17) is 0 Å². The Morgan fingerprint density at radius 3 is 2.54 bits per heavy atom. The van der Waals surface area contributed by atoms with E-state index in [0.29, 0.717) is 0 Å². The Balaban J connectivity index is 2.23. The Labute approximate surface area is 80.6 Å². The number of nitrogens with zero attached hydrogens (tertiary/aromatic N) is 1. The van der Waals surface area contributed by atoms with E-state index in [-0.39, 0.29) is 0 Å². The summed E-state index contributed by atoms with van der Waals surface area (Å²) < 4.78 is 2.40. The minimum absolute atomic E-state index is 1.06. The van der Waals surface area contributed by atoms with Gasteiger partial charge in [-0.3, -0.25) is 0 Å². The van der Waals surface area contributed by atoms with E-state index in [1.165, 1.54) is 11.3 Å². The second kappa shape index (κ2) is 2.85. The minimum atomic E-state index is -1.20. The molecule has 2 nitrogen and oxygen atoms in total. The molecule has 1 N–H and O–H groups in total. The average Bonchev–Trinajstić information content (AvgIpc) is 2.45. The summed E-state index contributed by atoms with van der Waals surface area (Å²) in [5.41, 5.74) is 6.17. The molecule has 1 aromatic carbocycles. The smallest absolute Gasteiger partial charge is 0.143 e. The second-order valence-electron chi connectivity index (χ2n) is 4.53. The SMILES string of the molecule is C[Si](C)(C)N1Cc2ccccc2N1. The van der Waals surface area contributed by atoms with Gasteiger partial charge in [-0.05, 0) is 11.6 Å². The van der Waals surface area contributed by atoms with E-state index < -0.39 is 8.24 Å². The third-order valence-electron chi connectivity index (χ3n) is 2.41. The predicted molar refractivity (Wildman–Crippen MR) is 59.0 cm³/mol. The van der Waals surface area contributed by atoms with Gasteiger partial charge in [-0.15, -0.1) is 0 Å². The first-order valence-corrected chi connectivity index (χ1v) is 8.14. The zero-order chi connectivity index (χ0) is 9.47. The van der Waals surface area contributed by atoms with Crippen LogP contribution in [0, 0.1) is 0 Å². The highest BCUT2D eigenvalue weighted by atomic mass is 28.3. The molecular weight excluding hydrogens is 176 g/mol. The van der Waals surface area contributed by atoms with Crippen LogP contribution in [0.15, 0.2) is 24.3 Å². The van der Waals surface area contributed by atoms with E-state index in [1.807, 2.05) is 0 Å². The Hall–Kier alpha value is -0.803. The van der Waals surface area contributed by atoms with Gasteiger partial charge in [0.05, 0.1) is 5.69 Å². The van der Waals surface area contributed by atoms with Crippen LogP contribution < -0.4 is 5.43 Å². The van der Waals surface area contributed by atoms with Crippen LogP contribution in [0.1, 0.15) is 5.56 Å². The first-order chi connectivity index (χ1) is 6.07. The summed E-state index contributed by atoms with van der Waals surface area (Å²) in [5, 5.41) is 0. The quantitative estimate of drug-likeness (QED) is 0.688. The van der Waals surface area contributed by atoms with Crippen molar-refractivity contribution in [3.05, 3.63) is 29.8 Å². The van der Waals surface area contributed by atoms with Crippen molar-refractivity contribution in [2.45, 2.75) is 26.2 Å². The van der Waals surface area contributed by atoms with Gasteiger partial charge in [-0.2, -0.15) is 0 Å². The standard InChI is InChI=1S/C10H16N2Si/c1-13(2,3)12-8-9-6-4-5-7-10(9)11-12/h4-7,11H,8H2,1-3H3. The van der Waals surface area contributed by atoms with Crippen LogP contribution in [0.4, 0.5) is 5.69 Å². The summed E-state index contributed by atoms with van der Waals surface area (Å²) in [6, 6.07) is 8.53. The van der Waals surface area contributed by atoms with Gasteiger partial charge < -0.3 is 5.43 Å². The highest BCUT2D eigenvalue weighted by molar-refractivity contribution is 6.73. The normalized spacial score (nSPS) is 16.8. The van der Waals surface area contributed by atoms with E-state index in [1.54, 1.807) is 0 Å². The van der Waals surface area contributed by atoms with E-state index >= 15 is 0 Å². The largest absolute Gasteiger partial charge is 0.325 e. The molecule has 0 bridgehead atoms. The summed E-state index contributed by atoms with van der Waals surface area (Å²) in [4.78, 5) is 0. The van der Waals surface area contributed by atoms with Gasteiger partial charge >= 0.3 is 0 Å². The van der Waals surface area contributed by atoms with Crippen molar-refractivity contribution in [1.29, 1.82) is 0 Å². The molecule has 0 fully saturated rings. The van der Waals surface area contributed by atoms with Gasteiger partial charge in [-0.1, -0.05) is 37.8 Å². The van der Waals surface area contributed by atoms with E-state index in [2.05, 4.69) is 54.0 Å². The molecule has 1 aliphatic rings. The minimum Gasteiger partial charge on any atom is -0.325 e. The number of hydrogen-bond donors (Lipinski definition) is 1. The first kappa shape index (κ1) is 8.78. The molecule has 3 heteroatoms. The molecule has 0 radical (unpaired) electrons. The fourth-order valence-electron chi connectivity index (χ4n) is 1.53. The van der Waals surface area contributed by atoms with Gasteiger partial charge in [-0.25, -0.2) is 4.67 Å². The fraction of sp³-hybridized carbons (Fsp3) is 0.400. The Kier molecular flexibility index (Phi) is 1.93. The molecule has 2 rings (SSSR count). The Morgan fingerprint density at radius 1 is 1.23 bits per heavy atom. The maximum absolute atomic E-state index is 3.47. The summed E-state index contributed by atoms with van der Waals surface area (Å²) in [5.74, 6) is 0. The highest BCUT2D eigenvalue weighted by Gasteiger charge is 2.29. The van der Waals surface area contributed by atoms with E-state index in [0.717, 1.165) is 6.54 Å². The summed E-state index contributed by atoms with van der Waals surface area (Å²) in [6.07, 6.45) is 0. The average molecular weight is 192 g/mol. The van der Waals surface area contributed by atoms with Crippen molar-refractivity contribution in [1.82, 2.24) is 4.67 Å². The maximum atomic E-state index is 3.47. The molecule has 0 spiro atoms. The number of hydrazine groups is 1. The van der Waals surface area contributed by atoms with E-state index in [9.17, 15) is 0 Å². The molecular formula is C10H16N2Si. The molecule has 13 heavy (non-hydrogen) atoms. The van der Waals surface area contributed by atoms with Crippen molar-refractivity contribution in [2.24, 2.45) is 0 Å². The van der Waals surface area contributed by atoms with Gasteiger partial charge in [0, 0.05) is 6.54 Å². The zero-order valence-corrected chi connectivity index (χ0v) is 9.46. The van der Waals surface area contributed by atoms with Gasteiger partial charge in [0.15, 0.2) is 0 Å². The van der Waals surface area contributed by atoms with Crippen LogP contribution >= 0.6 is 0 Å². The zero-order valence-electron chi connectivity index (χ0n) is 8.46. The number of rotatable bonds is 1. The summed E-state index contributed by atoms with van der Waals surface area (Å²) in [6.45, 7) is 8.12. The lowest BCUT2D eigenvalue weighted by Crippen LogP contribution is -2.45. The van der Waals surface area contributed by atoms with Crippen LogP contribution in [0.5, 0.6) is 0 Å².